The molecule has 0 radical (unpaired) electrons. The number of hydrogen-bond acceptors (Lipinski definition) is 2. The van der Waals surface area contributed by atoms with Crippen LogP contribution >= 0.6 is 0 Å². The minimum absolute atomic E-state index is 0.0487. The van der Waals surface area contributed by atoms with Gasteiger partial charge in [-0.1, -0.05) is 218 Å². The Morgan fingerprint density at radius 2 is 1.21 bits per heavy atom. The maximum atomic E-state index is 10.4. The predicted octanol–water partition coefficient (Wildman–Crippen LogP) is 20.6. The topological polar surface area (TPSA) is 35.9 Å². The van der Waals surface area contributed by atoms with Crippen LogP contribution in [0.3, 0.4) is 0 Å². The van der Waals surface area contributed by atoms with E-state index in [1.54, 1.807) is 76.0 Å². The van der Waals surface area contributed by atoms with Gasteiger partial charge in [0.05, 0.1) is 37.6 Å². The van der Waals surface area contributed by atoms with Crippen LogP contribution in [0.2, 0.25) is 0 Å². The third-order valence-electron chi connectivity index (χ3n) is 17.3. The molecule has 0 saturated heterocycles. The van der Waals surface area contributed by atoms with E-state index in [1.165, 1.54) is 17.2 Å². The van der Waals surface area contributed by atoms with Crippen LogP contribution in [0.5, 0.6) is 11.5 Å². The smallest absolute Gasteiger partial charge is 0.269 e. The molecule has 3 aromatic heterocycles. The fourth-order valence-corrected chi connectivity index (χ4v) is 12.3. The summed E-state index contributed by atoms with van der Waals surface area (Å²) in [5, 5.41) is 1.73. The molecule has 13 rings (SSSR count). The van der Waals surface area contributed by atoms with Crippen LogP contribution in [0.4, 0.5) is 0 Å². The number of aromatic nitrogens is 4. The summed E-state index contributed by atoms with van der Waals surface area (Å²) in [4.78, 5) is 5.04. The summed E-state index contributed by atoms with van der Waals surface area (Å²) >= 11 is 0. The first-order valence-electron chi connectivity index (χ1n) is 39.7. The standard InChI is InChI=1S/C79H82N4O/c1-50-40-72(80-48-63(50)52-31-35-65-67(44-52)79(14,15)39-37-77(65,10)11)83-68-27-17-16-24-61(68)62-33-32-58(47-71(62)83)84-57-23-20-22-56(46-57)81-49-82(70-29-19-18-28-69(70)81)73-59(51-30-34-64-66(43-51)78(12,13)38-36-76(64,8)9)25-21-26-60(73)53-41-54(74(2,3)4)45-55(42-53)75(5,6)7/h16-35,40-48H,36-39H2,1-15H3/i1D3,8D3,9D3,12D3,13D3,30D,34D,36D2,38D2,43D. The van der Waals surface area contributed by atoms with E-state index in [0.717, 1.165) is 45.8 Å². The van der Waals surface area contributed by atoms with E-state index in [0.29, 0.717) is 56.2 Å². The average Bonchev–Trinajstić information content (AvgIpc) is 0.867. The third-order valence-corrected chi connectivity index (χ3v) is 17.3. The van der Waals surface area contributed by atoms with Crippen molar-refractivity contribution in [2.45, 2.75) is 162 Å². The number of nitrogens with zero attached hydrogens (tertiary/aromatic N) is 4. The van der Waals surface area contributed by atoms with E-state index >= 15 is 0 Å². The quantitative estimate of drug-likeness (QED) is 0.112. The number of ether oxygens (including phenoxy) is 1. The zero-order valence-electron chi connectivity index (χ0n) is 71.1. The van der Waals surface area contributed by atoms with Crippen LogP contribution in [-0.2, 0) is 32.5 Å². The molecule has 0 bridgehead atoms. The minimum Gasteiger partial charge on any atom is -0.458 e. The van der Waals surface area contributed by atoms with E-state index < -0.39 is 103 Å². The number of pyridine rings is 1. The van der Waals surface area contributed by atoms with E-state index in [4.69, 9.17) is 30.3 Å². The highest BCUT2D eigenvalue weighted by Crippen LogP contribution is 2.50. The van der Waals surface area contributed by atoms with Gasteiger partial charge in [-0.15, -0.1) is 0 Å². The summed E-state index contributed by atoms with van der Waals surface area (Å²) < 4.78 is 215. The monoisotopic (exact) mass is 1120 g/mol. The molecule has 0 saturated carbocycles. The van der Waals surface area contributed by atoms with Crippen molar-refractivity contribution >= 4 is 32.8 Å². The molecule has 0 spiro atoms. The van der Waals surface area contributed by atoms with Crippen molar-refractivity contribution in [3.8, 4) is 62.1 Å². The van der Waals surface area contributed by atoms with Gasteiger partial charge in [0.25, 0.3) is 6.33 Å². The summed E-state index contributed by atoms with van der Waals surface area (Å²) in [5.41, 5.74) is -4.31. The van der Waals surface area contributed by atoms with Crippen molar-refractivity contribution in [3.05, 3.63) is 221 Å². The van der Waals surface area contributed by atoms with Gasteiger partial charge in [0.15, 0.2) is 0 Å². The van der Waals surface area contributed by atoms with Crippen LogP contribution in [-0.4, -0.2) is 14.1 Å². The molecule has 84 heavy (non-hydrogen) atoms. The van der Waals surface area contributed by atoms with Gasteiger partial charge in [-0.25, -0.2) is 4.98 Å². The zero-order valence-corrected chi connectivity index (χ0v) is 49.1. The van der Waals surface area contributed by atoms with Crippen LogP contribution in [0.15, 0.2) is 176 Å². The highest BCUT2D eigenvalue weighted by molar-refractivity contribution is 6.09. The van der Waals surface area contributed by atoms with E-state index in [-0.39, 0.29) is 27.6 Å². The predicted molar refractivity (Wildman–Crippen MR) is 351 cm³/mol. The molecule has 0 fully saturated rings. The number of imidazole rings is 1. The van der Waals surface area contributed by atoms with Crippen LogP contribution < -0.4 is 9.30 Å². The fraction of sp³-hybridized carbons (Fsp3) is 0.316. The number of fused-ring (bicyclic) bond motifs is 6. The van der Waals surface area contributed by atoms with Crippen LogP contribution in [0.1, 0.15) is 191 Å². The SMILES string of the molecule is [2H]c1c([2H])c2c(c([2H])c1-c1cccc(-c3cc(C(C)(C)C)cc(C(C)(C)C)c3)c1-[n+]1[c-]n(-c3cccc(Oc4ccc5c6ccccc6n(-c6cc(C([2H])([2H])[2H])c(-c7ccc8c(c7)C(C)(C)CCC8(C)C)cn6)c5c4)c3)c3ccccc31)C(C([2H])([2H])[2H])(C([2H])([2H])[2H])C([2H])([2H])C([2H])([2H])C2(C([2H])([2H])[2H])C([2H])([2H])[2H]. The second-order valence-electron chi connectivity index (χ2n) is 26.3. The van der Waals surface area contributed by atoms with E-state index in [1.807, 2.05) is 113 Å². The van der Waals surface area contributed by atoms with Gasteiger partial charge < -0.3 is 4.74 Å². The zero-order chi connectivity index (χ0) is 77.7. The molecular weight excluding hydrogens is 1020 g/mol. The Bertz CT molecular complexity index is 5360. The first-order valence-corrected chi connectivity index (χ1v) is 28.7. The lowest BCUT2D eigenvalue weighted by Gasteiger charge is -2.42. The molecule has 11 aromatic rings. The maximum absolute atomic E-state index is 10.4. The Morgan fingerprint density at radius 1 is 0.560 bits per heavy atom. The van der Waals surface area contributed by atoms with Crippen LogP contribution in [0, 0.1) is 13.2 Å². The normalized spacial score (nSPS) is 22.0. The minimum atomic E-state index is -4.53. The average molecular weight is 1130 g/mol. The summed E-state index contributed by atoms with van der Waals surface area (Å²) in [6.07, 6.45) is -1.87. The Kier molecular flexibility index (Phi) is 8.21. The molecule has 0 aliphatic heterocycles. The van der Waals surface area contributed by atoms with Gasteiger partial charge in [-0.05, 0) is 174 Å². The number of aryl methyl sites for hydroxylation is 1. The molecule has 3 heterocycles. The molecular formula is C79H82N4O. The molecule has 0 N–H and O–H groups in total. The van der Waals surface area contributed by atoms with Crippen LogP contribution in [0.25, 0.3) is 83.4 Å². The second-order valence-corrected chi connectivity index (χ2v) is 26.3. The van der Waals surface area contributed by atoms with E-state index in [9.17, 15) is 9.60 Å². The second kappa shape index (κ2) is 19.5. The lowest BCUT2D eigenvalue weighted by Crippen LogP contribution is -2.34. The number of rotatable bonds is 8. The van der Waals surface area contributed by atoms with Gasteiger partial charge in [0, 0.05) is 54.6 Å². The summed E-state index contributed by atoms with van der Waals surface area (Å²) in [5.74, 6) is 1.13. The molecule has 5 nitrogen and oxygen atoms in total. The van der Waals surface area contributed by atoms with Gasteiger partial charge in [0.1, 0.15) is 17.3 Å². The number of hydrogen-bond donors (Lipinski definition) is 0. The first kappa shape index (κ1) is 35.3. The molecule has 0 atom stereocenters. The highest BCUT2D eigenvalue weighted by Gasteiger charge is 2.39. The lowest BCUT2D eigenvalue weighted by molar-refractivity contribution is -0.571. The van der Waals surface area contributed by atoms with Gasteiger partial charge >= 0.3 is 0 Å². The lowest BCUT2D eigenvalue weighted by atomic mass is 9.63. The number of benzene rings is 8. The van der Waals surface area contributed by atoms with Gasteiger partial charge in [-0.2, -0.15) is 0 Å². The fourth-order valence-electron chi connectivity index (χ4n) is 12.3. The molecule has 5 heteroatoms. The molecule has 2 aliphatic rings. The summed E-state index contributed by atoms with van der Waals surface area (Å²) in [6.45, 7) is 1.66. The van der Waals surface area contributed by atoms with Crippen molar-refractivity contribution in [2.75, 3.05) is 0 Å². The Morgan fingerprint density at radius 3 is 1.94 bits per heavy atom. The Balaban J connectivity index is 1.02. The van der Waals surface area contributed by atoms with Gasteiger partial charge in [-0.3, -0.25) is 13.7 Å². The van der Waals surface area contributed by atoms with Crippen molar-refractivity contribution in [1.82, 2.24) is 14.1 Å². The Labute approximate surface area is 529 Å². The number of para-hydroxylation sites is 4. The molecule has 2 aliphatic carbocycles. The maximum Gasteiger partial charge on any atom is 0.269 e. The van der Waals surface area contributed by atoms with Crippen molar-refractivity contribution in [2.24, 2.45) is 0 Å². The largest absolute Gasteiger partial charge is 0.458 e. The van der Waals surface area contributed by atoms with Gasteiger partial charge in [0.2, 0.25) is 0 Å². The molecule has 0 unspecified atom stereocenters. The van der Waals surface area contributed by atoms with Crippen molar-refractivity contribution in [1.29, 1.82) is 0 Å². The van der Waals surface area contributed by atoms with Crippen molar-refractivity contribution in [3.63, 3.8) is 0 Å². The Hall–Kier alpha value is -8.02. The summed E-state index contributed by atoms with van der Waals surface area (Å²) in [7, 11) is 0. The van der Waals surface area contributed by atoms with E-state index in [2.05, 4.69) is 52.2 Å². The van der Waals surface area contributed by atoms with Crippen molar-refractivity contribution < 1.29 is 39.5 Å². The summed E-state index contributed by atoms with van der Waals surface area (Å²) in [6, 6.07) is 42.4. The first-order chi connectivity index (χ1) is 48.8. The molecule has 8 aromatic carbocycles. The molecule has 0 amide bonds. The highest BCUT2D eigenvalue weighted by atomic mass is 16.5. The third kappa shape index (κ3) is 9.47. The molecule has 424 valence electrons.